The zero-order valence-corrected chi connectivity index (χ0v) is 17.0. The van der Waals surface area contributed by atoms with Gasteiger partial charge in [0.05, 0.1) is 0 Å². The molecule has 0 nitrogen and oxygen atoms in total. The van der Waals surface area contributed by atoms with Crippen LogP contribution in [0.15, 0.2) is 0 Å². The van der Waals surface area contributed by atoms with Crippen LogP contribution in [0.3, 0.4) is 0 Å². The Kier molecular flexibility index (Phi) is 13.6. The first-order chi connectivity index (χ1) is 7.05. The van der Waals surface area contributed by atoms with Gasteiger partial charge in [-0.2, -0.15) is 0 Å². The molecule has 0 aliphatic carbocycles. The van der Waals surface area contributed by atoms with Crippen molar-refractivity contribution in [2.75, 3.05) is 5.75 Å². The largest absolute Gasteiger partial charge is 0.0651 e. The Balaban J connectivity index is 3.86. The lowest BCUT2D eigenvalue weighted by Crippen LogP contribution is -2.09. The molecule has 15 heavy (non-hydrogen) atoms. The molecule has 0 saturated carbocycles. The molecule has 0 atom stereocenters. The average molecular weight is 469 g/mol. The molecule has 0 rings (SSSR count). The first-order valence-corrected chi connectivity index (χ1v) is 17.1. The Labute approximate surface area is 133 Å². The van der Waals surface area contributed by atoms with E-state index in [0.29, 0.717) is 0 Å². The second kappa shape index (κ2) is 11.1. The van der Waals surface area contributed by atoms with Crippen molar-refractivity contribution in [3.05, 3.63) is 0 Å². The van der Waals surface area contributed by atoms with Crippen LogP contribution in [-0.4, -0.2) is 5.75 Å². The Morgan fingerprint density at radius 3 is 2.20 bits per heavy atom. The predicted molar refractivity (Wildman–Crippen MR) is 103 cm³/mol. The van der Waals surface area contributed by atoms with Crippen molar-refractivity contribution in [1.82, 2.24) is 0 Å². The van der Waals surface area contributed by atoms with E-state index < -0.39 is 6.18 Å². The minimum atomic E-state index is -1.29. The summed E-state index contributed by atoms with van der Waals surface area (Å²) in [5.74, 6) is 1.77. The molecule has 0 heterocycles. The molecule has 0 aliphatic rings. The highest BCUT2D eigenvalue weighted by Crippen LogP contribution is 2.52. The molecule has 0 unspecified atom stereocenters. The smallest absolute Gasteiger partial charge is 0.0148 e. The fourth-order valence-electron chi connectivity index (χ4n) is 0.916. The lowest BCUT2D eigenvalue weighted by molar-refractivity contribution is 0.554. The van der Waals surface area contributed by atoms with Gasteiger partial charge < -0.3 is 0 Å². The molecular weight excluding hydrogens is 456 g/mol. The number of rotatable bonds is 9. The molecule has 0 fully saturated rings. The van der Waals surface area contributed by atoms with E-state index in [1.54, 1.807) is 47.3 Å². The van der Waals surface area contributed by atoms with E-state index in [2.05, 4.69) is 35.1 Å². The molecule has 0 aromatic carbocycles. The van der Waals surface area contributed by atoms with Crippen molar-refractivity contribution in [3.63, 3.8) is 0 Å². The maximum absolute atomic E-state index is 5.51. The number of hydrogen-bond donors (Lipinski definition) is 0. The van der Waals surface area contributed by atoms with Gasteiger partial charge in [0.2, 0.25) is 0 Å². The van der Waals surface area contributed by atoms with Gasteiger partial charge in [0, 0.05) is 27.0 Å². The summed E-state index contributed by atoms with van der Waals surface area (Å²) in [5.41, 5.74) is 0. The molecule has 0 amide bonds. The van der Waals surface area contributed by atoms with Gasteiger partial charge in [0.25, 0.3) is 0 Å². The third kappa shape index (κ3) is 10.8. The summed E-state index contributed by atoms with van der Waals surface area (Å²) in [6.45, 7) is 4.45. The molecule has 0 saturated heterocycles. The predicted octanol–water partition coefficient (Wildman–Crippen LogP) is 6.09. The molecule has 9 heteroatoms. The van der Waals surface area contributed by atoms with Crippen LogP contribution in [0.4, 0.5) is 0 Å². The summed E-state index contributed by atoms with van der Waals surface area (Å²) in [5, 5.41) is 0. The highest BCUT2D eigenvalue weighted by molar-refractivity contribution is 14.2. The quantitative estimate of drug-likeness (QED) is 0.225. The maximum atomic E-state index is 5.51. The Morgan fingerprint density at radius 2 is 1.73 bits per heavy atom. The van der Waals surface area contributed by atoms with E-state index in [0.717, 1.165) is 11.7 Å². The Morgan fingerprint density at radius 1 is 1.13 bits per heavy atom. The molecule has 92 valence electrons. The Hall–Kier alpha value is 3.27. The summed E-state index contributed by atoms with van der Waals surface area (Å²) < 4.78 is 0. The van der Waals surface area contributed by atoms with Crippen LogP contribution in [-0.2, 0) is 28.6 Å². The second-order valence-electron chi connectivity index (χ2n) is 2.74. The number of hydrogen-bond acceptors (Lipinski definition) is 7. The highest BCUT2D eigenvalue weighted by atomic mass is 127. The Bertz CT molecular complexity index is 234. The van der Waals surface area contributed by atoms with E-state index in [1.165, 1.54) is 12.8 Å². The normalized spacial score (nSPS) is 12.3. The van der Waals surface area contributed by atoms with Gasteiger partial charge in [0.15, 0.2) is 0 Å². The first-order valence-electron chi connectivity index (χ1n) is 4.25. The molecule has 0 radical (unpaired) electrons. The zero-order valence-electron chi connectivity index (χ0n) is 8.34. The first kappa shape index (κ1) is 18.3. The fourth-order valence-corrected chi connectivity index (χ4v) is 22.7. The van der Waals surface area contributed by atoms with Crippen molar-refractivity contribution in [2.24, 2.45) is 5.92 Å². The van der Waals surface area contributed by atoms with Gasteiger partial charge in [-0.1, -0.05) is 26.7 Å². The summed E-state index contributed by atoms with van der Waals surface area (Å²) in [6.07, 6.45) is 1.12. The highest BCUT2D eigenvalue weighted by Gasteiger charge is 2.11. The standard InChI is InChI=1S/C6H13IS8/c1-3-6(4-2)5-15(8,9)14-13-12-11-10-7/h6H,3-5H2,1-2H3. The third-order valence-corrected chi connectivity index (χ3v) is 20.9. The molecule has 0 aliphatic heterocycles. The molecule has 0 spiro atoms. The minimum Gasteiger partial charge on any atom is -0.0651 e. The summed E-state index contributed by atoms with van der Waals surface area (Å²) in [4.78, 5) is 0. The van der Waals surface area contributed by atoms with Crippen molar-refractivity contribution in [3.8, 4) is 0 Å². The molecule has 0 aromatic heterocycles. The van der Waals surface area contributed by atoms with E-state index in [9.17, 15) is 0 Å². The number of halogens is 1. The minimum absolute atomic E-state index is 0.722. The van der Waals surface area contributed by atoms with Crippen molar-refractivity contribution < 1.29 is 0 Å². The van der Waals surface area contributed by atoms with E-state index in [-0.39, 0.29) is 0 Å². The van der Waals surface area contributed by atoms with Gasteiger partial charge >= 0.3 is 0 Å². The SMILES string of the molecule is CCC(CC)CS(=S)(=S)SSSSSI. The van der Waals surface area contributed by atoms with Crippen LogP contribution in [0.2, 0.25) is 0 Å². The molecule has 0 aromatic rings. The van der Waals surface area contributed by atoms with Crippen LogP contribution in [0.25, 0.3) is 0 Å². The summed E-state index contributed by atoms with van der Waals surface area (Å²) in [7, 11) is 8.74. The second-order valence-corrected chi connectivity index (χ2v) is 22.0. The van der Waals surface area contributed by atoms with E-state index in [1.807, 2.05) is 0 Å². The van der Waals surface area contributed by atoms with Crippen LogP contribution in [0, 0.1) is 5.92 Å². The lowest BCUT2D eigenvalue weighted by Gasteiger charge is -2.15. The van der Waals surface area contributed by atoms with E-state index in [4.69, 9.17) is 22.4 Å². The van der Waals surface area contributed by atoms with Crippen LogP contribution in [0.1, 0.15) is 26.7 Å². The molecular formula is C6H13IS8. The topological polar surface area (TPSA) is 0 Å². The van der Waals surface area contributed by atoms with Crippen LogP contribution in [0.5, 0.6) is 0 Å². The van der Waals surface area contributed by atoms with Gasteiger partial charge in [-0.15, -0.1) is 0 Å². The molecule has 0 N–H and O–H groups in total. The third-order valence-electron chi connectivity index (χ3n) is 1.81. The zero-order chi connectivity index (χ0) is 11.7. The van der Waals surface area contributed by atoms with Crippen LogP contribution >= 0.6 is 68.5 Å². The van der Waals surface area contributed by atoms with Crippen molar-refractivity contribution in [2.45, 2.75) is 26.7 Å². The van der Waals surface area contributed by atoms with Crippen molar-refractivity contribution >= 4 is 97.0 Å². The summed E-state index contributed by atoms with van der Waals surface area (Å²) >= 11 is 13.3. The lowest BCUT2D eigenvalue weighted by atomic mass is 10.1. The van der Waals surface area contributed by atoms with Gasteiger partial charge in [0.1, 0.15) is 0 Å². The monoisotopic (exact) mass is 468 g/mol. The molecule has 0 bridgehead atoms. The van der Waals surface area contributed by atoms with Crippen LogP contribution < -0.4 is 0 Å². The summed E-state index contributed by atoms with van der Waals surface area (Å²) in [6, 6.07) is 0. The van der Waals surface area contributed by atoms with E-state index >= 15 is 0 Å². The van der Waals surface area contributed by atoms with Gasteiger partial charge in [-0.05, 0) is 81.7 Å². The average Bonchev–Trinajstić information content (AvgIpc) is 2.21. The maximum Gasteiger partial charge on any atom is 0.0148 e. The van der Waals surface area contributed by atoms with Crippen molar-refractivity contribution in [1.29, 1.82) is 0 Å². The fraction of sp³-hybridized carbons (Fsp3) is 1.00. The van der Waals surface area contributed by atoms with Gasteiger partial charge in [-0.25, -0.2) is 0 Å². The van der Waals surface area contributed by atoms with Gasteiger partial charge in [-0.3, -0.25) is 0 Å².